The maximum absolute atomic E-state index is 12.9. The van der Waals surface area contributed by atoms with E-state index in [1.54, 1.807) is 12.1 Å². The molecule has 0 radical (unpaired) electrons. The number of anilines is 3. The van der Waals surface area contributed by atoms with Crippen molar-refractivity contribution in [3.05, 3.63) is 58.1 Å². The molecule has 2 amide bonds. The lowest BCUT2D eigenvalue weighted by Gasteiger charge is -2.36. The van der Waals surface area contributed by atoms with Crippen LogP contribution in [0.5, 0.6) is 0 Å². The molecule has 4 rings (SSSR count). The van der Waals surface area contributed by atoms with Gasteiger partial charge in [-0.2, -0.15) is 0 Å². The van der Waals surface area contributed by atoms with Gasteiger partial charge in [0.1, 0.15) is 5.69 Å². The minimum Gasteiger partial charge on any atom is -0.368 e. The molecule has 2 fully saturated rings. The molecule has 2 aliphatic rings. The summed E-state index contributed by atoms with van der Waals surface area (Å²) in [6.45, 7) is 10.8. The highest BCUT2D eigenvalue weighted by Gasteiger charge is 2.25. The maximum Gasteiger partial charge on any atom is 0.293 e. The molecule has 2 aliphatic heterocycles. The largest absolute Gasteiger partial charge is 0.368 e. The molecule has 1 N–H and O–H groups in total. The average Bonchev–Trinajstić information content (AvgIpc) is 2.89. The van der Waals surface area contributed by atoms with E-state index in [-0.39, 0.29) is 23.1 Å². The molecule has 0 aliphatic carbocycles. The van der Waals surface area contributed by atoms with Crippen LogP contribution in [-0.4, -0.2) is 60.9 Å². The Labute approximate surface area is 218 Å². The van der Waals surface area contributed by atoms with Gasteiger partial charge in [-0.25, -0.2) is 0 Å². The summed E-state index contributed by atoms with van der Waals surface area (Å²) in [5.74, 6) is 0.810. The number of nitrogens with zero attached hydrogens (tertiary/aromatic N) is 4. The predicted molar refractivity (Wildman–Crippen MR) is 146 cm³/mol. The second kappa shape index (κ2) is 11.6. The standard InChI is InChI=1S/C28H37N5O4/c1-20(2)18-27(34)32-16-14-30(15-17-32)24-7-5-23(6-8-24)29-28(35)22-4-9-25(26(19-22)33(36)37)31-12-10-21(3)11-13-31/h4-9,19-21H,10-18H2,1-3H3,(H,29,35). The zero-order valence-electron chi connectivity index (χ0n) is 22.0. The van der Waals surface area contributed by atoms with E-state index in [0.717, 1.165) is 44.7 Å². The van der Waals surface area contributed by atoms with Crippen LogP contribution in [0.15, 0.2) is 42.5 Å². The molecule has 198 valence electrons. The van der Waals surface area contributed by atoms with Crippen molar-refractivity contribution < 1.29 is 14.5 Å². The van der Waals surface area contributed by atoms with E-state index in [0.29, 0.717) is 42.7 Å². The smallest absolute Gasteiger partial charge is 0.293 e. The number of carbonyl (C=O) groups excluding carboxylic acids is 2. The van der Waals surface area contributed by atoms with Crippen LogP contribution in [-0.2, 0) is 4.79 Å². The second-order valence-electron chi connectivity index (χ2n) is 10.6. The fourth-order valence-corrected chi connectivity index (χ4v) is 4.98. The first-order valence-corrected chi connectivity index (χ1v) is 13.2. The SMILES string of the molecule is CC(C)CC(=O)N1CCN(c2ccc(NC(=O)c3ccc(N4CCC(C)CC4)c([N+](=O)[O-])c3)cc2)CC1. The quantitative estimate of drug-likeness (QED) is 0.428. The monoisotopic (exact) mass is 507 g/mol. The van der Waals surface area contributed by atoms with Crippen molar-refractivity contribution in [1.29, 1.82) is 0 Å². The first kappa shape index (κ1) is 26.4. The lowest BCUT2D eigenvalue weighted by molar-refractivity contribution is -0.384. The van der Waals surface area contributed by atoms with Gasteiger partial charge in [0.15, 0.2) is 0 Å². The molecule has 0 bridgehead atoms. The van der Waals surface area contributed by atoms with Gasteiger partial charge in [-0.3, -0.25) is 19.7 Å². The van der Waals surface area contributed by atoms with Gasteiger partial charge in [-0.15, -0.1) is 0 Å². The van der Waals surface area contributed by atoms with E-state index < -0.39 is 4.92 Å². The van der Waals surface area contributed by atoms with Crippen molar-refractivity contribution in [2.45, 2.75) is 40.0 Å². The molecule has 0 atom stereocenters. The van der Waals surface area contributed by atoms with E-state index in [9.17, 15) is 19.7 Å². The molecule has 0 saturated carbocycles. The van der Waals surface area contributed by atoms with Gasteiger partial charge in [-0.1, -0.05) is 20.8 Å². The Morgan fingerprint density at radius 3 is 2.22 bits per heavy atom. The molecule has 2 saturated heterocycles. The number of nitro groups is 1. The number of benzene rings is 2. The topological polar surface area (TPSA) is 99.0 Å². The molecular formula is C28H37N5O4. The summed E-state index contributed by atoms with van der Waals surface area (Å²) >= 11 is 0. The van der Waals surface area contributed by atoms with Crippen molar-refractivity contribution in [1.82, 2.24) is 4.90 Å². The minimum atomic E-state index is -0.408. The number of hydrogen-bond donors (Lipinski definition) is 1. The number of piperidine rings is 1. The van der Waals surface area contributed by atoms with Crippen LogP contribution in [0.4, 0.5) is 22.7 Å². The number of nitrogens with one attached hydrogen (secondary N) is 1. The van der Waals surface area contributed by atoms with Gasteiger partial charge in [0.05, 0.1) is 4.92 Å². The number of nitro benzene ring substituents is 1. The highest BCUT2D eigenvalue weighted by Crippen LogP contribution is 2.32. The Hall–Kier alpha value is -3.62. The predicted octanol–water partition coefficient (Wildman–Crippen LogP) is 4.78. The molecule has 9 heteroatoms. The molecule has 0 aromatic heterocycles. The molecule has 0 unspecified atom stereocenters. The number of rotatable bonds is 7. The van der Waals surface area contributed by atoms with E-state index in [1.807, 2.05) is 34.1 Å². The van der Waals surface area contributed by atoms with Gasteiger partial charge < -0.3 is 20.0 Å². The highest BCUT2D eigenvalue weighted by atomic mass is 16.6. The summed E-state index contributed by atoms with van der Waals surface area (Å²) in [5.41, 5.74) is 2.44. The number of amides is 2. The van der Waals surface area contributed by atoms with Crippen molar-refractivity contribution in [3.63, 3.8) is 0 Å². The van der Waals surface area contributed by atoms with Crippen molar-refractivity contribution >= 4 is 34.6 Å². The first-order valence-electron chi connectivity index (χ1n) is 13.2. The molecule has 2 heterocycles. The fourth-order valence-electron chi connectivity index (χ4n) is 4.98. The summed E-state index contributed by atoms with van der Waals surface area (Å²) < 4.78 is 0. The Morgan fingerprint density at radius 1 is 0.973 bits per heavy atom. The third kappa shape index (κ3) is 6.58. The Bertz CT molecular complexity index is 1120. The summed E-state index contributed by atoms with van der Waals surface area (Å²) in [6, 6.07) is 12.3. The average molecular weight is 508 g/mol. The fraction of sp³-hybridized carbons (Fsp3) is 0.500. The van der Waals surface area contributed by atoms with Gasteiger partial charge in [0.25, 0.3) is 11.6 Å². The normalized spacial score (nSPS) is 16.7. The van der Waals surface area contributed by atoms with E-state index in [1.165, 1.54) is 6.07 Å². The number of piperazine rings is 1. The van der Waals surface area contributed by atoms with Crippen LogP contribution < -0.4 is 15.1 Å². The van der Waals surface area contributed by atoms with E-state index >= 15 is 0 Å². The van der Waals surface area contributed by atoms with Crippen LogP contribution in [0.3, 0.4) is 0 Å². The Morgan fingerprint density at radius 2 is 1.62 bits per heavy atom. The molecule has 9 nitrogen and oxygen atoms in total. The first-order chi connectivity index (χ1) is 17.7. The van der Waals surface area contributed by atoms with Crippen LogP contribution in [0, 0.1) is 22.0 Å². The second-order valence-corrected chi connectivity index (χ2v) is 10.6. The van der Waals surface area contributed by atoms with Gasteiger partial charge >= 0.3 is 0 Å². The van der Waals surface area contributed by atoms with Crippen molar-refractivity contribution in [2.75, 3.05) is 54.4 Å². The molecule has 0 spiro atoms. The van der Waals surface area contributed by atoms with Crippen molar-refractivity contribution in [3.8, 4) is 0 Å². The van der Waals surface area contributed by atoms with Crippen LogP contribution in [0.2, 0.25) is 0 Å². The van der Waals surface area contributed by atoms with Crippen molar-refractivity contribution in [2.24, 2.45) is 11.8 Å². The van der Waals surface area contributed by atoms with Crippen LogP contribution in [0.1, 0.15) is 50.4 Å². The maximum atomic E-state index is 12.9. The number of hydrogen-bond acceptors (Lipinski definition) is 6. The summed E-state index contributed by atoms with van der Waals surface area (Å²) in [4.78, 5) is 42.8. The molecule has 2 aromatic rings. The van der Waals surface area contributed by atoms with E-state index in [2.05, 4.69) is 31.0 Å². The minimum absolute atomic E-state index is 0.0384. The zero-order valence-corrected chi connectivity index (χ0v) is 22.0. The molecule has 2 aromatic carbocycles. The summed E-state index contributed by atoms with van der Waals surface area (Å²) in [6.07, 6.45) is 2.58. The lowest BCUT2D eigenvalue weighted by atomic mass is 9.98. The highest BCUT2D eigenvalue weighted by molar-refractivity contribution is 6.05. The Kier molecular flexibility index (Phi) is 8.31. The lowest BCUT2D eigenvalue weighted by Crippen LogP contribution is -2.49. The van der Waals surface area contributed by atoms with Gasteiger partial charge in [-0.05, 0) is 61.1 Å². The zero-order chi connectivity index (χ0) is 26.5. The summed E-state index contributed by atoms with van der Waals surface area (Å²) in [5, 5.41) is 14.6. The third-order valence-electron chi connectivity index (χ3n) is 7.26. The van der Waals surface area contributed by atoms with Gasteiger partial charge in [0, 0.05) is 68.7 Å². The Balaban J connectivity index is 1.37. The van der Waals surface area contributed by atoms with Crippen LogP contribution in [0.25, 0.3) is 0 Å². The van der Waals surface area contributed by atoms with Crippen LogP contribution >= 0.6 is 0 Å². The van der Waals surface area contributed by atoms with Gasteiger partial charge in [0.2, 0.25) is 5.91 Å². The molecular weight excluding hydrogens is 470 g/mol. The van der Waals surface area contributed by atoms with E-state index in [4.69, 9.17) is 0 Å². The number of carbonyl (C=O) groups is 2. The molecule has 37 heavy (non-hydrogen) atoms. The third-order valence-corrected chi connectivity index (χ3v) is 7.26. The summed E-state index contributed by atoms with van der Waals surface area (Å²) in [7, 11) is 0.